The minimum absolute atomic E-state index is 0.0998. The van der Waals surface area contributed by atoms with E-state index in [0.29, 0.717) is 28.1 Å². The highest BCUT2D eigenvalue weighted by Gasteiger charge is 2.16. The number of amides is 1. The third-order valence-corrected chi connectivity index (χ3v) is 5.37. The maximum Gasteiger partial charge on any atom is 0.339 e. The Labute approximate surface area is 195 Å². The van der Waals surface area contributed by atoms with Crippen LogP contribution in [0.2, 0.25) is 0 Å². The fourth-order valence-electron chi connectivity index (χ4n) is 3.42. The molecule has 0 aliphatic heterocycles. The maximum absolute atomic E-state index is 12.4. The van der Waals surface area contributed by atoms with E-state index in [2.05, 4.69) is 10.1 Å². The topological polar surface area (TPSA) is 121 Å². The number of rotatable bonds is 8. The first-order valence-corrected chi connectivity index (χ1v) is 10.5. The number of esters is 2. The van der Waals surface area contributed by atoms with E-state index in [9.17, 15) is 19.2 Å². The largest absolute Gasteiger partial charge is 0.497 e. The molecule has 0 unspecified atom stereocenters. The molecule has 1 heterocycles. The fourth-order valence-corrected chi connectivity index (χ4v) is 3.42. The van der Waals surface area contributed by atoms with Gasteiger partial charge in [-0.2, -0.15) is 0 Å². The Morgan fingerprint density at radius 1 is 1.03 bits per heavy atom. The van der Waals surface area contributed by atoms with Gasteiger partial charge in [0.2, 0.25) is 0 Å². The number of carbonyl (C=O) groups excluding carboxylic acids is 3. The molecule has 3 rings (SSSR count). The van der Waals surface area contributed by atoms with Crippen LogP contribution in [-0.2, 0) is 25.5 Å². The van der Waals surface area contributed by atoms with Gasteiger partial charge in [0.1, 0.15) is 11.3 Å². The highest BCUT2D eigenvalue weighted by atomic mass is 16.5. The molecular weight excluding hydrogens is 442 g/mol. The van der Waals surface area contributed by atoms with E-state index < -0.39 is 30.1 Å². The Kier molecular flexibility index (Phi) is 7.68. The molecule has 0 fully saturated rings. The summed E-state index contributed by atoms with van der Waals surface area (Å²) in [6, 6.07) is 9.91. The number of anilines is 1. The second kappa shape index (κ2) is 10.7. The lowest BCUT2D eigenvalue weighted by atomic mass is 10.0. The number of methoxy groups -OCH3 is 2. The lowest BCUT2D eigenvalue weighted by molar-refractivity contribution is -0.147. The molecule has 0 aliphatic carbocycles. The van der Waals surface area contributed by atoms with Crippen LogP contribution in [-0.4, -0.2) is 38.7 Å². The number of hydrogen-bond acceptors (Lipinski definition) is 8. The van der Waals surface area contributed by atoms with E-state index in [0.717, 1.165) is 10.9 Å². The number of aryl methyl sites for hydroxylation is 2. The monoisotopic (exact) mass is 467 g/mol. The predicted molar refractivity (Wildman–Crippen MR) is 124 cm³/mol. The minimum atomic E-state index is -0.635. The molecule has 0 spiro atoms. The van der Waals surface area contributed by atoms with Gasteiger partial charge in [0.25, 0.3) is 5.91 Å². The van der Waals surface area contributed by atoms with Crippen LogP contribution < -0.4 is 15.7 Å². The average molecular weight is 467 g/mol. The van der Waals surface area contributed by atoms with Gasteiger partial charge in [-0.05, 0) is 55.7 Å². The zero-order valence-electron chi connectivity index (χ0n) is 19.4. The van der Waals surface area contributed by atoms with E-state index in [1.807, 2.05) is 0 Å². The molecule has 1 amide bonds. The van der Waals surface area contributed by atoms with Crippen molar-refractivity contribution < 1.29 is 33.0 Å². The summed E-state index contributed by atoms with van der Waals surface area (Å²) in [6.45, 7) is 3.03. The summed E-state index contributed by atoms with van der Waals surface area (Å²) in [6.07, 6.45) is 0.00820. The third kappa shape index (κ3) is 5.61. The number of hydrogen-bond donors (Lipinski definition) is 1. The minimum Gasteiger partial charge on any atom is -0.497 e. The van der Waals surface area contributed by atoms with Gasteiger partial charge in [-0.3, -0.25) is 9.59 Å². The van der Waals surface area contributed by atoms with Gasteiger partial charge in [0.05, 0.1) is 19.8 Å². The number of fused-ring (bicyclic) bond motifs is 1. The summed E-state index contributed by atoms with van der Waals surface area (Å²) in [5.41, 5.74) is 2.35. The van der Waals surface area contributed by atoms with E-state index in [4.69, 9.17) is 13.9 Å². The number of ether oxygens (including phenoxy) is 3. The predicted octanol–water partition coefficient (Wildman–Crippen LogP) is 3.32. The van der Waals surface area contributed by atoms with Crippen molar-refractivity contribution in [3.63, 3.8) is 0 Å². The van der Waals surface area contributed by atoms with Gasteiger partial charge in [-0.1, -0.05) is 6.07 Å². The van der Waals surface area contributed by atoms with E-state index >= 15 is 0 Å². The molecule has 0 saturated heterocycles. The molecule has 178 valence electrons. The van der Waals surface area contributed by atoms with Crippen molar-refractivity contribution in [2.24, 2.45) is 0 Å². The smallest absolute Gasteiger partial charge is 0.339 e. The molecular formula is C25H25NO8. The van der Waals surface area contributed by atoms with Crippen LogP contribution >= 0.6 is 0 Å². The van der Waals surface area contributed by atoms with Gasteiger partial charge >= 0.3 is 17.6 Å². The zero-order valence-corrected chi connectivity index (χ0v) is 19.4. The first-order chi connectivity index (χ1) is 16.2. The Morgan fingerprint density at radius 3 is 2.50 bits per heavy atom. The second-order valence-corrected chi connectivity index (χ2v) is 7.59. The van der Waals surface area contributed by atoms with E-state index in [1.165, 1.54) is 20.3 Å². The van der Waals surface area contributed by atoms with Gasteiger partial charge < -0.3 is 23.9 Å². The normalized spacial score (nSPS) is 10.6. The zero-order chi connectivity index (χ0) is 24.8. The van der Waals surface area contributed by atoms with Crippen molar-refractivity contribution in [3.8, 4) is 5.75 Å². The third-order valence-electron chi connectivity index (χ3n) is 5.37. The summed E-state index contributed by atoms with van der Waals surface area (Å²) < 4.78 is 20.2. The van der Waals surface area contributed by atoms with Crippen molar-refractivity contribution in [1.29, 1.82) is 0 Å². The standard InChI is InChI=1S/C25H25NO8/c1-14-5-6-16(24(29)32-4)11-20(14)26-22(27)13-33-23(28)10-9-19-15(2)18-8-7-17(31-3)12-21(18)34-25(19)30/h5-8,11-12H,9-10,13H2,1-4H3,(H,26,27). The van der Waals surface area contributed by atoms with Crippen molar-refractivity contribution in [3.05, 3.63) is 69.1 Å². The molecule has 0 aliphatic rings. The first-order valence-electron chi connectivity index (χ1n) is 10.5. The van der Waals surface area contributed by atoms with E-state index in [-0.39, 0.29) is 18.4 Å². The summed E-state index contributed by atoms with van der Waals surface area (Å²) in [5, 5.41) is 3.35. The summed E-state index contributed by atoms with van der Waals surface area (Å²) in [5.74, 6) is -1.16. The first kappa shape index (κ1) is 24.5. The summed E-state index contributed by atoms with van der Waals surface area (Å²) >= 11 is 0. The van der Waals surface area contributed by atoms with Crippen molar-refractivity contribution in [1.82, 2.24) is 0 Å². The van der Waals surface area contributed by atoms with Gasteiger partial charge in [0.15, 0.2) is 6.61 Å². The van der Waals surface area contributed by atoms with Gasteiger partial charge in [-0.25, -0.2) is 9.59 Å². The Bertz CT molecular complexity index is 1310. The summed E-state index contributed by atoms with van der Waals surface area (Å²) in [7, 11) is 2.79. The summed E-state index contributed by atoms with van der Waals surface area (Å²) in [4.78, 5) is 48.5. The van der Waals surface area contributed by atoms with Crippen molar-refractivity contribution in [2.45, 2.75) is 26.7 Å². The van der Waals surface area contributed by atoms with Crippen molar-refractivity contribution in [2.75, 3.05) is 26.1 Å². The molecule has 1 aromatic heterocycles. The highest BCUT2D eigenvalue weighted by Crippen LogP contribution is 2.24. The molecule has 0 bridgehead atoms. The van der Waals surface area contributed by atoms with Crippen LogP contribution in [0.4, 0.5) is 5.69 Å². The maximum atomic E-state index is 12.4. The number of benzene rings is 2. The molecule has 9 heteroatoms. The van der Waals surface area contributed by atoms with Crippen molar-refractivity contribution >= 4 is 34.5 Å². The molecule has 1 N–H and O–H groups in total. The lowest BCUT2D eigenvalue weighted by Gasteiger charge is -2.11. The molecule has 0 saturated carbocycles. The lowest BCUT2D eigenvalue weighted by Crippen LogP contribution is -2.22. The van der Waals surface area contributed by atoms with Gasteiger partial charge in [0, 0.05) is 29.1 Å². The quantitative estimate of drug-likeness (QED) is 0.396. The van der Waals surface area contributed by atoms with Crippen LogP contribution in [0.15, 0.2) is 45.6 Å². The van der Waals surface area contributed by atoms with Crippen LogP contribution in [0.1, 0.15) is 33.5 Å². The fraction of sp³-hybridized carbons (Fsp3) is 0.280. The highest BCUT2D eigenvalue weighted by molar-refractivity contribution is 5.96. The van der Waals surface area contributed by atoms with E-state index in [1.54, 1.807) is 44.2 Å². The SMILES string of the molecule is COC(=O)c1ccc(C)c(NC(=O)COC(=O)CCc2c(C)c3ccc(OC)cc3oc2=O)c1. The van der Waals surface area contributed by atoms with Gasteiger partial charge in [-0.15, -0.1) is 0 Å². The molecule has 3 aromatic rings. The van der Waals surface area contributed by atoms with Crippen LogP contribution in [0.3, 0.4) is 0 Å². The van der Waals surface area contributed by atoms with Crippen LogP contribution in [0, 0.1) is 13.8 Å². The molecule has 0 atom stereocenters. The van der Waals surface area contributed by atoms with Crippen LogP contribution in [0.5, 0.6) is 5.75 Å². The Hall–Kier alpha value is -4.14. The number of nitrogens with one attached hydrogen (secondary N) is 1. The molecule has 0 radical (unpaired) electrons. The second-order valence-electron chi connectivity index (χ2n) is 7.59. The average Bonchev–Trinajstić information content (AvgIpc) is 2.83. The molecule has 2 aromatic carbocycles. The molecule has 9 nitrogen and oxygen atoms in total. The number of carbonyl (C=O) groups is 3. The Morgan fingerprint density at radius 2 is 1.79 bits per heavy atom. The van der Waals surface area contributed by atoms with Crippen LogP contribution in [0.25, 0.3) is 11.0 Å². The Balaban J connectivity index is 1.59. The molecule has 34 heavy (non-hydrogen) atoms.